The Morgan fingerprint density at radius 3 is 2.71 bits per heavy atom. The SMILES string of the molecule is O=C(O)CCN(Cc1ccccc1F)c1cccnc1Cl. The molecule has 4 nitrogen and oxygen atoms in total. The molecule has 0 radical (unpaired) electrons. The second-order valence-corrected chi connectivity index (χ2v) is 4.83. The Balaban J connectivity index is 2.26. The van der Waals surface area contributed by atoms with Crippen molar-refractivity contribution in [2.75, 3.05) is 11.4 Å². The summed E-state index contributed by atoms with van der Waals surface area (Å²) in [6, 6.07) is 9.81. The zero-order valence-corrected chi connectivity index (χ0v) is 11.9. The third-order valence-corrected chi connectivity index (χ3v) is 3.29. The third-order valence-electron chi connectivity index (χ3n) is 2.99. The van der Waals surface area contributed by atoms with Gasteiger partial charge in [-0.1, -0.05) is 29.8 Å². The van der Waals surface area contributed by atoms with Crippen LogP contribution in [0.25, 0.3) is 0 Å². The lowest BCUT2D eigenvalue weighted by atomic mass is 10.2. The molecule has 110 valence electrons. The molecule has 0 saturated heterocycles. The van der Waals surface area contributed by atoms with Crippen molar-refractivity contribution in [3.8, 4) is 0 Å². The van der Waals surface area contributed by atoms with Gasteiger partial charge >= 0.3 is 5.97 Å². The highest BCUT2D eigenvalue weighted by Crippen LogP contribution is 2.25. The second kappa shape index (κ2) is 7.04. The molecule has 0 aliphatic carbocycles. The van der Waals surface area contributed by atoms with Gasteiger partial charge in [-0.15, -0.1) is 0 Å². The molecule has 0 unspecified atom stereocenters. The number of carbonyl (C=O) groups is 1. The van der Waals surface area contributed by atoms with Gasteiger partial charge in [0.15, 0.2) is 5.15 Å². The lowest BCUT2D eigenvalue weighted by Gasteiger charge is -2.25. The lowest BCUT2D eigenvalue weighted by Crippen LogP contribution is -2.26. The molecule has 0 bridgehead atoms. The monoisotopic (exact) mass is 308 g/mol. The standard InChI is InChI=1S/C15H14ClFN2O2/c16-15-13(6-3-8-18-15)19(9-7-14(20)21)10-11-4-1-2-5-12(11)17/h1-6,8H,7,9-10H2,(H,20,21). The molecular formula is C15H14ClFN2O2. The van der Waals surface area contributed by atoms with Gasteiger partial charge in [-0.25, -0.2) is 9.37 Å². The normalized spacial score (nSPS) is 10.4. The largest absolute Gasteiger partial charge is 0.481 e. The zero-order chi connectivity index (χ0) is 15.2. The first-order chi connectivity index (χ1) is 10.1. The summed E-state index contributed by atoms with van der Waals surface area (Å²) in [4.78, 5) is 16.5. The number of carboxylic acid groups (broad SMARTS) is 1. The molecule has 0 saturated carbocycles. The quantitative estimate of drug-likeness (QED) is 0.831. The van der Waals surface area contributed by atoms with Crippen LogP contribution in [-0.4, -0.2) is 22.6 Å². The number of rotatable bonds is 6. The summed E-state index contributed by atoms with van der Waals surface area (Å²) in [5, 5.41) is 9.11. The molecule has 0 spiro atoms. The molecule has 1 aromatic carbocycles. The Kier molecular flexibility index (Phi) is 5.11. The summed E-state index contributed by atoms with van der Waals surface area (Å²) in [6.07, 6.45) is 1.48. The maximum Gasteiger partial charge on any atom is 0.305 e. The molecule has 6 heteroatoms. The van der Waals surface area contributed by atoms with Crippen molar-refractivity contribution in [2.24, 2.45) is 0 Å². The topological polar surface area (TPSA) is 53.4 Å². The van der Waals surface area contributed by atoms with E-state index in [-0.39, 0.29) is 30.5 Å². The number of nitrogens with zero attached hydrogens (tertiary/aromatic N) is 2. The summed E-state index contributed by atoms with van der Waals surface area (Å²) in [7, 11) is 0. The van der Waals surface area contributed by atoms with E-state index in [0.717, 1.165) is 0 Å². The minimum atomic E-state index is -0.923. The summed E-state index contributed by atoms with van der Waals surface area (Å²) in [5.41, 5.74) is 1.06. The van der Waals surface area contributed by atoms with Gasteiger partial charge in [0.05, 0.1) is 12.1 Å². The first-order valence-corrected chi connectivity index (χ1v) is 6.76. The number of aromatic nitrogens is 1. The second-order valence-electron chi connectivity index (χ2n) is 4.47. The van der Waals surface area contributed by atoms with Gasteiger partial charge in [0, 0.05) is 24.8 Å². The predicted molar refractivity (Wildman–Crippen MR) is 78.9 cm³/mol. The molecule has 2 aromatic rings. The Labute approximate surface area is 126 Å². The minimum Gasteiger partial charge on any atom is -0.481 e. The van der Waals surface area contributed by atoms with E-state index in [1.807, 2.05) is 0 Å². The lowest BCUT2D eigenvalue weighted by molar-refractivity contribution is -0.136. The summed E-state index contributed by atoms with van der Waals surface area (Å²) in [6.45, 7) is 0.445. The van der Waals surface area contributed by atoms with Gasteiger partial charge in [0.25, 0.3) is 0 Å². The highest BCUT2D eigenvalue weighted by atomic mass is 35.5. The van der Waals surface area contributed by atoms with Gasteiger partial charge in [-0.2, -0.15) is 0 Å². The van der Waals surface area contributed by atoms with E-state index in [1.165, 1.54) is 6.07 Å². The molecule has 21 heavy (non-hydrogen) atoms. The van der Waals surface area contributed by atoms with E-state index >= 15 is 0 Å². The Bertz CT molecular complexity index is 637. The average Bonchev–Trinajstić information content (AvgIpc) is 2.46. The van der Waals surface area contributed by atoms with Gasteiger partial charge in [-0.3, -0.25) is 4.79 Å². The molecule has 1 heterocycles. The van der Waals surface area contributed by atoms with Crippen molar-refractivity contribution in [1.82, 2.24) is 4.98 Å². The van der Waals surface area contributed by atoms with Crippen molar-refractivity contribution in [2.45, 2.75) is 13.0 Å². The van der Waals surface area contributed by atoms with Crippen LogP contribution >= 0.6 is 11.6 Å². The Hall–Kier alpha value is -2.14. The van der Waals surface area contributed by atoms with E-state index in [4.69, 9.17) is 16.7 Å². The van der Waals surface area contributed by atoms with Crippen molar-refractivity contribution in [3.63, 3.8) is 0 Å². The fourth-order valence-electron chi connectivity index (χ4n) is 1.96. The van der Waals surface area contributed by atoms with Crippen molar-refractivity contribution in [3.05, 3.63) is 59.1 Å². The number of carboxylic acids is 1. The van der Waals surface area contributed by atoms with Crippen molar-refractivity contribution < 1.29 is 14.3 Å². The first-order valence-electron chi connectivity index (χ1n) is 6.38. The van der Waals surface area contributed by atoms with E-state index < -0.39 is 5.97 Å². The van der Waals surface area contributed by atoms with E-state index in [9.17, 15) is 9.18 Å². The zero-order valence-electron chi connectivity index (χ0n) is 11.2. The highest BCUT2D eigenvalue weighted by Gasteiger charge is 2.14. The van der Waals surface area contributed by atoms with Crippen molar-refractivity contribution >= 4 is 23.3 Å². The minimum absolute atomic E-state index is 0.0698. The molecular weight excluding hydrogens is 295 g/mol. The van der Waals surface area contributed by atoms with Crippen LogP contribution in [0, 0.1) is 5.82 Å². The molecule has 0 atom stereocenters. The number of aliphatic carboxylic acids is 1. The van der Waals surface area contributed by atoms with Crippen LogP contribution in [0.15, 0.2) is 42.6 Å². The van der Waals surface area contributed by atoms with E-state index in [0.29, 0.717) is 11.3 Å². The number of pyridine rings is 1. The van der Waals surface area contributed by atoms with Gasteiger partial charge in [0.2, 0.25) is 0 Å². The van der Waals surface area contributed by atoms with Crippen LogP contribution in [0.3, 0.4) is 0 Å². The maximum absolute atomic E-state index is 13.8. The molecule has 1 aromatic heterocycles. The fourth-order valence-corrected chi connectivity index (χ4v) is 2.20. The number of hydrogen-bond donors (Lipinski definition) is 1. The summed E-state index contributed by atoms with van der Waals surface area (Å²) in [5.74, 6) is -1.26. The van der Waals surface area contributed by atoms with Gasteiger partial charge < -0.3 is 10.0 Å². The smallest absolute Gasteiger partial charge is 0.305 e. The van der Waals surface area contributed by atoms with Gasteiger partial charge in [0.1, 0.15) is 5.82 Å². The number of benzene rings is 1. The van der Waals surface area contributed by atoms with E-state index in [1.54, 1.807) is 41.4 Å². The maximum atomic E-state index is 13.8. The van der Waals surface area contributed by atoms with Crippen LogP contribution in [0.4, 0.5) is 10.1 Å². The Morgan fingerprint density at radius 2 is 2.05 bits per heavy atom. The number of anilines is 1. The molecule has 0 aliphatic rings. The van der Waals surface area contributed by atoms with Crippen LogP contribution in [-0.2, 0) is 11.3 Å². The first kappa shape index (κ1) is 15.3. The highest BCUT2D eigenvalue weighted by molar-refractivity contribution is 6.32. The van der Waals surface area contributed by atoms with Crippen LogP contribution in [0.2, 0.25) is 5.15 Å². The summed E-state index contributed by atoms with van der Waals surface area (Å²) < 4.78 is 13.8. The number of halogens is 2. The average molecular weight is 309 g/mol. The number of hydrogen-bond acceptors (Lipinski definition) is 3. The molecule has 0 aliphatic heterocycles. The van der Waals surface area contributed by atoms with Crippen LogP contribution in [0.1, 0.15) is 12.0 Å². The third kappa shape index (κ3) is 4.16. The summed E-state index contributed by atoms with van der Waals surface area (Å²) >= 11 is 6.05. The van der Waals surface area contributed by atoms with Crippen molar-refractivity contribution in [1.29, 1.82) is 0 Å². The Morgan fingerprint density at radius 1 is 1.29 bits per heavy atom. The van der Waals surface area contributed by atoms with Gasteiger partial charge in [-0.05, 0) is 18.2 Å². The molecule has 0 fully saturated rings. The van der Waals surface area contributed by atoms with Crippen LogP contribution in [0.5, 0.6) is 0 Å². The van der Waals surface area contributed by atoms with Crippen LogP contribution < -0.4 is 4.90 Å². The molecule has 0 amide bonds. The fraction of sp³-hybridized carbons (Fsp3) is 0.200. The molecule has 2 rings (SSSR count). The predicted octanol–water partition coefficient (Wildman–Crippen LogP) is 3.36. The molecule has 1 N–H and O–H groups in total. The van der Waals surface area contributed by atoms with E-state index in [2.05, 4.69) is 4.98 Å².